The molecule has 2 amide bonds. The number of hydrogen-bond donors (Lipinski definition) is 2. The highest BCUT2D eigenvalue weighted by molar-refractivity contribution is 5.82. The van der Waals surface area contributed by atoms with Crippen molar-refractivity contribution in [2.45, 2.75) is 32.5 Å². The first-order chi connectivity index (χ1) is 8.62. The van der Waals surface area contributed by atoms with Gasteiger partial charge in [0.05, 0.1) is 5.92 Å². The van der Waals surface area contributed by atoms with Gasteiger partial charge in [-0.05, 0) is 12.3 Å². The van der Waals surface area contributed by atoms with E-state index >= 15 is 0 Å². The third-order valence-electron chi connectivity index (χ3n) is 3.15. The predicted molar refractivity (Wildman–Crippen MR) is 60.5 cm³/mol. The Labute approximate surface area is 108 Å². The number of carbonyl (C=O) groups excluding carboxylic acids is 1. The van der Waals surface area contributed by atoms with Gasteiger partial charge in [-0.1, -0.05) is 13.8 Å². The van der Waals surface area contributed by atoms with Crippen LogP contribution in [-0.4, -0.2) is 47.3 Å². The number of aliphatic carboxylic acids is 1. The van der Waals surface area contributed by atoms with E-state index in [9.17, 15) is 22.8 Å². The number of halogens is 3. The SMILES string of the molecule is CC(C)C(NC(=O)N1CCC(C(F)(F)F)C1)C(=O)O. The second-order valence-electron chi connectivity index (χ2n) is 4.98. The summed E-state index contributed by atoms with van der Waals surface area (Å²) in [5.41, 5.74) is 0. The lowest BCUT2D eigenvalue weighted by atomic mass is 10.1. The van der Waals surface area contributed by atoms with Crippen molar-refractivity contribution in [3.63, 3.8) is 0 Å². The zero-order chi connectivity index (χ0) is 14.8. The van der Waals surface area contributed by atoms with Crippen molar-refractivity contribution >= 4 is 12.0 Å². The first-order valence-corrected chi connectivity index (χ1v) is 5.98. The van der Waals surface area contributed by atoms with Gasteiger partial charge in [-0.2, -0.15) is 13.2 Å². The zero-order valence-corrected chi connectivity index (χ0v) is 10.7. The van der Waals surface area contributed by atoms with Crippen molar-refractivity contribution in [1.29, 1.82) is 0 Å². The van der Waals surface area contributed by atoms with Crippen molar-refractivity contribution < 1.29 is 27.9 Å². The van der Waals surface area contributed by atoms with Crippen LogP contribution < -0.4 is 5.32 Å². The number of alkyl halides is 3. The van der Waals surface area contributed by atoms with Crippen LogP contribution >= 0.6 is 0 Å². The van der Waals surface area contributed by atoms with E-state index in [-0.39, 0.29) is 18.9 Å². The average Bonchev–Trinajstić information content (AvgIpc) is 2.73. The quantitative estimate of drug-likeness (QED) is 0.827. The third kappa shape index (κ3) is 4.00. The third-order valence-corrected chi connectivity index (χ3v) is 3.15. The summed E-state index contributed by atoms with van der Waals surface area (Å²) in [6.45, 7) is 2.79. The highest BCUT2D eigenvalue weighted by Gasteiger charge is 2.45. The number of carboxylic acids is 1. The number of nitrogens with one attached hydrogen (secondary N) is 1. The summed E-state index contributed by atoms with van der Waals surface area (Å²) in [6, 6.07) is -1.86. The molecule has 5 nitrogen and oxygen atoms in total. The lowest BCUT2D eigenvalue weighted by Gasteiger charge is -2.23. The lowest BCUT2D eigenvalue weighted by molar-refractivity contribution is -0.170. The van der Waals surface area contributed by atoms with Gasteiger partial charge in [-0.25, -0.2) is 9.59 Å². The monoisotopic (exact) mass is 282 g/mol. The van der Waals surface area contributed by atoms with E-state index in [0.29, 0.717) is 0 Å². The van der Waals surface area contributed by atoms with E-state index in [4.69, 9.17) is 5.11 Å². The van der Waals surface area contributed by atoms with Crippen LogP contribution in [0.4, 0.5) is 18.0 Å². The van der Waals surface area contributed by atoms with Crippen LogP contribution in [0.3, 0.4) is 0 Å². The van der Waals surface area contributed by atoms with E-state index < -0.39 is 36.7 Å². The first kappa shape index (κ1) is 15.6. The van der Waals surface area contributed by atoms with Gasteiger partial charge >= 0.3 is 18.2 Å². The normalized spacial score (nSPS) is 21.6. The van der Waals surface area contributed by atoms with Crippen molar-refractivity contribution in [3.8, 4) is 0 Å². The summed E-state index contributed by atoms with van der Waals surface area (Å²) < 4.78 is 37.4. The summed E-state index contributed by atoms with van der Waals surface area (Å²) in [6.07, 6.45) is -4.46. The van der Waals surface area contributed by atoms with Crippen LogP contribution in [0.1, 0.15) is 20.3 Å². The van der Waals surface area contributed by atoms with Crippen LogP contribution in [0.15, 0.2) is 0 Å². The van der Waals surface area contributed by atoms with Crippen molar-refractivity contribution in [1.82, 2.24) is 10.2 Å². The van der Waals surface area contributed by atoms with Crippen molar-refractivity contribution in [3.05, 3.63) is 0 Å². The maximum Gasteiger partial charge on any atom is 0.393 e. The van der Waals surface area contributed by atoms with Gasteiger partial charge in [0, 0.05) is 13.1 Å². The molecule has 0 radical (unpaired) electrons. The van der Waals surface area contributed by atoms with Crippen molar-refractivity contribution in [2.75, 3.05) is 13.1 Å². The van der Waals surface area contributed by atoms with Crippen molar-refractivity contribution in [2.24, 2.45) is 11.8 Å². The van der Waals surface area contributed by atoms with E-state index in [1.165, 1.54) is 0 Å². The number of carbonyl (C=O) groups is 2. The Morgan fingerprint density at radius 1 is 1.37 bits per heavy atom. The number of rotatable bonds is 3. The van der Waals surface area contributed by atoms with Gasteiger partial charge in [0.15, 0.2) is 0 Å². The Bertz CT molecular complexity index is 358. The summed E-state index contributed by atoms with van der Waals surface area (Å²) in [5, 5.41) is 11.2. The molecule has 0 saturated carbocycles. The molecule has 1 saturated heterocycles. The fourth-order valence-electron chi connectivity index (χ4n) is 1.95. The predicted octanol–water partition coefficient (Wildman–Crippen LogP) is 1.69. The fourth-order valence-corrected chi connectivity index (χ4v) is 1.95. The van der Waals surface area contributed by atoms with Gasteiger partial charge in [0.1, 0.15) is 6.04 Å². The Morgan fingerprint density at radius 2 is 1.95 bits per heavy atom. The molecule has 0 bridgehead atoms. The second kappa shape index (κ2) is 5.66. The molecule has 2 unspecified atom stereocenters. The summed E-state index contributed by atoms with van der Waals surface area (Å²) in [4.78, 5) is 23.6. The number of hydrogen-bond acceptors (Lipinski definition) is 2. The molecule has 1 aliphatic heterocycles. The van der Waals surface area contributed by atoms with Crippen LogP contribution in [0.2, 0.25) is 0 Å². The summed E-state index contributed by atoms with van der Waals surface area (Å²) in [5.74, 6) is -3.07. The van der Waals surface area contributed by atoms with E-state index in [1.807, 2.05) is 0 Å². The highest BCUT2D eigenvalue weighted by atomic mass is 19.4. The molecule has 1 fully saturated rings. The summed E-state index contributed by atoms with van der Waals surface area (Å²) >= 11 is 0. The molecular formula is C11H17F3N2O3. The Morgan fingerprint density at radius 3 is 2.32 bits per heavy atom. The maximum absolute atomic E-state index is 12.5. The lowest BCUT2D eigenvalue weighted by Crippen LogP contribution is -2.49. The number of nitrogens with zero attached hydrogens (tertiary/aromatic N) is 1. The molecule has 19 heavy (non-hydrogen) atoms. The summed E-state index contributed by atoms with van der Waals surface area (Å²) in [7, 11) is 0. The maximum atomic E-state index is 12.5. The van der Waals surface area contributed by atoms with E-state index in [0.717, 1.165) is 4.90 Å². The molecule has 1 heterocycles. The van der Waals surface area contributed by atoms with Crippen LogP contribution in [0.5, 0.6) is 0 Å². The molecule has 8 heteroatoms. The number of amides is 2. The Hall–Kier alpha value is -1.47. The molecule has 0 aromatic rings. The van der Waals surface area contributed by atoms with E-state index in [2.05, 4.69) is 5.32 Å². The standard InChI is InChI=1S/C11H17F3N2O3/c1-6(2)8(9(17)18)15-10(19)16-4-3-7(5-16)11(12,13)14/h6-8H,3-5H2,1-2H3,(H,15,19)(H,17,18). The minimum Gasteiger partial charge on any atom is -0.480 e. The smallest absolute Gasteiger partial charge is 0.393 e. The molecule has 1 aliphatic rings. The minimum absolute atomic E-state index is 0.0134. The molecule has 0 aliphatic carbocycles. The van der Waals surface area contributed by atoms with Crippen LogP contribution in [0, 0.1) is 11.8 Å². The molecule has 0 aromatic carbocycles. The Kier molecular flexibility index (Phi) is 4.65. The highest BCUT2D eigenvalue weighted by Crippen LogP contribution is 2.33. The van der Waals surface area contributed by atoms with Gasteiger partial charge in [0.25, 0.3) is 0 Å². The second-order valence-corrected chi connectivity index (χ2v) is 4.98. The van der Waals surface area contributed by atoms with Gasteiger partial charge in [-0.3, -0.25) is 0 Å². The number of urea groups is 1. The Balaban J connectivity index is 2.58. The minimum atomic E-state index is -4.32. The fraction of sp³-hybridized carbons (Fsp3) is 0.818. The topological polar surface area (TPSA) is 69.6 Å². The van der Waals surface area contributed by atoms with Gasteiger partial charge in [-0.15, -0.1) is 0 Å². The molecule has 0 aromatic heterocycles. The number of likely N-dealkylation sites (tertiary alicyclic amines) is 1. The largest absolute Gasteiger partial charge is 0.480 e. The molecule has 1 rings (SSSR count). The molecular weight excluding hydrogens is 265 g/mol. The van der Waals surface area contributed by atoms with Crippen LogP contribution in [-0.2, 0) is 4.79 Å². The van der Waals surface area contributed by atoms with E-state index in [1.54, 1.807) is 13.8 Å². The molecule has 2 atom stereocenters. The first-order valence-electron chi connectivity index (χ1n) is 5.98. The average molecular weight is 282 g/mol. The zero-order valence-electron chi connectivity index (χ0n) is 10.7. The molecule has 0 spiro atoms. The van der Waals surface area contributed by atoms with Gasteiger partial charge in [0.2, 0.25) is 0 Å². The molecule has 110 valence electrons. The van der Waals surface area contributed by atoms with Crippen LogP contribution in [0.25, 0.3) is 0 Å². The molecule has 2 N–H and O–H groups in total. The van der Waals surface area contributed by atoms with Gasteiger partial charge < -0.3 is 15.3 Å². The number of carboxylic acid groups (broad SMARTS) is 1.